The zero-order valence-electron chi connectivity index (χ0n) is 10.5. The van der Waals surface area contributed by atoms with Crippen molar-refractivity contribution in [3.05, 3.63) is 0 Å². The Balaban J connectivity index is 1.32. The average molecular weight is 247 g/mol. The van der Waals surface area contributed by atoms with Crippen LogP contribution in [0.4, 0.5) is 0 Å². The van der Waals surface area contributed by atoms with Crippen molar-refractivity contribution in [3.8, 4) is 0 Å². The third kappa shape index (κ3) is 0.493. The molecule has 18 heavy (non-hydrogen) atoms. The first-order valence-electron chi connectivity index (χ1n) is 7.23. The molecule has 1 saturated heterocycles. The molecule has 0 atom stereocenters. The molecule has 1 amide bonds. The number of methoxy groups -OCH3 is 1. The summed E-state index contributed by atoms with van der Waals surface area (Å²) >= 11 is 0. The normalized spacial score (nSPS) is 67.9. The fourth-order valence-corrected chi connectivity index (χ4v) is 7.31. The third-order valence-electron chi connectivity index (χ3n) is 7.56. The van der Waals surface area contributed by atoms with E-state index in [2.05, 4.69) is 4.90 Å². The fourth-order valence-electron chi connectivity index (χ4n) is 7.31. The number of hydrogen-bond acceptors (Lipinski definition) is 3. The predicted molar refractivity (Wildman–Crippen MR) is 60.5 cm³/mol. The summed E-state index contributed by atoms with van der Waals surface area (Å²) in [6, 6.07) is 0. The highest BCUT2D eigenvalue weighted by molar-refractivity contribution is 5.93. The monoisotopic (exact) mass is 247 g/mol. The van der Waals surface area contributed by atoms with Gasteiger partial charge in [-0.05, 0) is 35.5 Å². The lowest BCUT2D eigenvalue weighted by Gasteiger charge is -3.09. The van der Waals surface area contributed by atoms with Crippen LogP contribution >= 0.6 is 0 Å². The van der Waals surface area contributed by atoms with E-state index in [0.717, 1.165) is 44.1 Å². The SMILES string of the molecule is COC12C3C4C1C1C2C3C41C(=O)N1CCOCC1. The standard InChI is InChI=1S/C14H17NO3/c1-17-14-9-6-10(14)8-11(14)7(9)13(6,8)12(16)15-2-4-18-5-3-15/h6-11H,2-5H2,1H3. The zero-order chi connectivity index (χ0) is 11.9. The molecule has 0 N–H and O–H groups in total. The number of ether oxygens (including phenoxy) is 2. The van der Waals surface area contributed by atoms with E-state index in [-0.39, 0.29) is 11.0 Å². The Hall–Kier alpha value is -0.610. The molecule has 6 saturated carbocycles. The van der Waals surface area contributed by atoms with Crippen molar-refractivity contribution in [1.82, 2.24) is 4.90 Å². The van der Waals surface area contributed by atoms with Crippen LogP contribution in [-0.4, -0.2) is 49.8 Å². The molecule has 7 fully saturated rings. The van der Waals surface area contributed by atoms with Gasteiger partial charge in [0.25, 0.3) is 0 Å². The third-order valence-corrected chi connectivity index (χ3v) is 7.56. The number of morpholine rings is 1. The Kier molecular flexibility index (Phi) is 1.17. The quantitative estimate of drug-likeness (QED) is 0.688. The van der Waals surface area contributed by atoms with Crippen molar-refractivity contribution in [1.29, 1.82) is 0 Å². The summed E-state index contributed by atoms with van der Waals surface area (Å²) in [5.41, 5.74) is 0.380. The largest absolute Gasteiger partial charge is 0.378 e. The van der Waals surface area contributed by atoms with Crippen LogP contribution in [0.15, 0.2) is 0 Å². The van der Waals surface area contributed by atoms with Crippen molar-refractivity contribution < 1.29 is 14.3 Å². The molecule has 4 heteroatoms. The van der Waals surface area contributed by atoms with E-state index < -0.39 is 0 Å². The maximum Gasteiger partial charge on any atom is 0.229 e. The summed E-state index contributed by atoms with van der Waals surface area (Å²) < 4.78 is 11.1. The summed E-state index contributed by atoms with van der Waals surface area (Å²) in [5.74, 6) is 4.85. The second kappa shape index (κ2) is 2.27. The van der Waals surface area contributed by atoms with Crippen LogP contribution in [0.25, 0.3) is 0 Å². The molecular formula is C14H17NO3. The molecule has 7 rings (SSSR count). The molecule has 1 aliphatic heterocycles. The number of nitrogens with zero attached hydrogens (tertiary/aromatic N) is 1. The molecule has 7 aliphatic rings. The van der Waals surface area contributed by atoms with Gasteiger partial charge in [-0.3, -0.25) is 4.79 Å². The lowest BCUT2D eigenvalue weighted by molar-refractivity contribution is -0.649. The van der Waals surface area contributed by atoms with Gasteiger partial charge < -0.3 is 14.4 Å². The van der Waals surface area contributed by atoms with E-state index in [0.29, 0.717) is 23.7 Å². The number of carbonyl (C=O) groups is 1. The van der Waals surface area contributed by atoms with Gasteiger partial charge in [0, 0.05) is 20.2 Å². The van der Waals surface area contributed by atoms with Crippen LogP contribution in [0.1, 0.15) is 0 Å². The first-order valence-corrected chi connectivity index (χ1v) is 7.23. The lowest BCUT2D eigenvalue weighted by atomic mass is 8.94. The van der Waals surface area contributed by atoms with Gasteiger partial charge in [0.15, 0.2) is 0 Å². The Bertz CT molecular complexity index is 442. The number of amides is 1. The highest BCUT2D eigenvalue weighted by Gasteiger charge is 3.12. The van der Waals surface area contributed by atoms with Gasteiger partial charge in [-0.2, -0.15) is 0 Å². The summed E-state index contributed by atoms with van der Waals surface area (Å²) in [7, 11) is 1.87. The zero-order valence-corrected chi connectivity index (χ0v) is 10.5. The Labute approximate surface area is 106 Å². The number of rotatable bonds is 2. The molecule has 1 heterocycles. The van der Waals surface area contributed by atoms with Gasteiger partial charge in [0.2, 0.25) is 5.91 Å². The second-order valence-corrected chi connectivity index (χ2v) is 7.05. The van der Waals surface area contributed by atoms with Crippen molar-refractivity contribution in [2.45, 2.75) is 5.60 Å². The van der Waals surface area contributed by atoms with E-state index in [1.807, 2.05) is 7.11 Å². The average Bonchev–Trinajstić information content (AvgIpc) is 2.47. The number of carbonyl (C=O) groups excluding carboxylic acids is 1. The van der Waals surface area contributed by atoms with E-state index in [1.165, 1.54) is 0 Å². The molecule has 0 aromatic carbocycles. The molecular weight excluding hydrogens is 230 g/mol. The summed E-state index contributed by atoms with van der Waals surface area (Å²) in [6.07, 6.45) is 0. The first-order chi connectivity index (χ1) is 8.81. The Morgan fingerprint density at radius 2 is 1.67 bits per heavy atom. The Morgan fingerprint density at radius 3 is 2.17 bits per heavy atom. The fraction of sp³-hybridized carbons (Fsp3) is 0.929. The highest BCUT2D eigenvalue weighted by atomic mass is 16.5. The molecule has 4 nitrogen and oxygen atoms in total. The molecule has 0 aromatic rings. The van der Waals surface area contributed by atoms with Crippen LogP contribution in [-0.2, 0) is 14.3 Å². The minimum absolute atomic E-state index is 0.109. The topological polar surface area (TPSA) is 38.8 Å². The van der Waals surface area contributed by atoms with Gasteiger partial charge in [0.05, 0.1) is 24.2 Å². The molecule has 0 bridgehead atoms. The maximum absolute atomic E-state index is 12.8. The van der Waals surface area contributed by atoms with Gasteiger partial charge >= 0.3 is 0 Å². The van der Waals surface area contributed by atoms with Crippen LogP contribution in [0, 0.1) is 40.9 Å². The van der Waals surface area contributed by atoms with Gasteiger partial charge in [-0.1, -0.05) is 0 Å². The molecule has 0 radical (unpaired) electrons. The minimum atomic E-state index is 0.109. The van der Waals surface area contributed by atoms with E-state index in [1.54, 1.807) is 0 Å². The second-order valence-electron chi connectivity index (χ2n) is 7.05. The van der Waals surface area contributed by atoms with Crippen LogP contribution < -0.4 is 0 Å². The summed E-state index contributed by atoms with van der Waals surface area (Å²) in [6.45, 7) is 3.06. The summed E-state index contributed by atoms with van der Waals surface area (Å²) in [4.78, 5) is 14.9. The van der Waals surface area contributed by atoms with Crippen molar-refractivity contribution in [3.63, 3.8) is 0 Å². The Morgan fingerprint density at radius 1 is 1.11 bits per heavy atom. The van der Waals surface area contributed by atoms with E-state index >= 15 is 0 Å². The van der Waals surface area contributed by atoms with Crippen molar-refractivity contribution >= 4 is 5.91 Å². The van der Waals surface area contributed by atoms with Crippen LogP contribution in [0.5, 0.6) is 0 Å². The van der Waals surface area contributed by atoms with Gasteiger partial charge in [-0.15, -0.1) is 0 Å². The predicted octanol–water partition coefficient (Wildman–Crippen LogP) is -0.0180. The molecule has 0 aromatic heterocycles. The minimum Gasteiger partial charge on any atom is -0.378 e. The molecule has 6 aliphatic carbocycles. The number of hydrogen-bond donors (Lipinski definition) is 0. The van der Waals surface area contributed by atoms with E-state index in [9.17, 15) is 4.79 Å². The van der Waals surface area contributed by atoms with E-state index in [4.69, 9.17) is 9.47 Å². The maximum atomic E-state index is 12.8. The van der Waals surface area contributed by atoms with Crippen LogP contribution in [0.3, 0.4) is 0 Å². The smallest absolute Gasteiger partial charge is 0.229 e. The first kappa shape index (κ1) is 9.32. The van der Waals surface area contributed by atoms with Crippen molar-refractivity contribution in [2.75, 3.05) is 33.4 Å². The van der Waals surface area contributed by atoms with Gasteiger partial charge in [-0.25, -0.2) is 0 Å². The summed E-state index contributed by atoms with van der Waals surface area (Å²) in [5, 5.41) is 0. The molecule has 0 unspecified atom stereocenters. The highest BCUT2D eigenvalue weighted by Crippen LogP contribution is 3.07. The van der Waals surface area contributed by atoms with Crippen molar-refractivity contribution in [2.24, 2.45) is 40.9 Å². The van der Waals surface area contributed by atoms with Crippen LogP contribution in [0.2, 0.25) is 0 Å². The lowest BCUT2D eigenvalue weighted by Crippen LogP contribution is -3.14. The van der Waals surface area contributed by atoms with Gasteiger partial charge in [0.1, 0.15) is 0 Å². The molecule has 0 spiro atoms. The molecule has 96 valence electrons.